The number of carbonyl (C=O) groups excluding carboxylic acids is 2. The zero-order valence-electron chi connectivity index (χ0n) is 17.7. The molecule has 3 unspecified atom stereocenters. The topological polar surface area (TPSA) is 67.9 Å². The van der Waals surface area contributed by atoms with Crippen LogP contribution in [0.4, 0.5) is 5.69 Å². The molecule has 8 atom stereocenters. The zero-order valence-corrected chi connectivity index (χ0v) is 17.7. The van der Waals surface area contributed by atoms with E-state index in [2.05, 4.69) is 47.5 Å². The van der Waals surface area contributed by atoms with E-state index in [4.69, 9.17) is 9.47 Å². The standard InChI is InChI=1S/C24H28N2O4/c1-4-15-11-26-19-9-17(15)24(12-29-13(2)27)20(26)10-23(22(24)30-14(3)28)16-7-5-6-8-18(16)25-21(19)23/h4-8,17,19-22,25H,9-12H2,1-3H3/b15-4-/t17-,19-,20?,21+,22-,23?,24+/m0/s1. The van der Waals surface area contributed by atoms with Crippen molar-refractivity contribution in [3.8, 4) is 0 Å². The lowest BCUT2D eigenvalue weighted by atomic mass is 9.59. The molecule has 30 heavy (non-hydrogen) atoms. The highest BCUT2D eigenvalue weighted by Gasteiger charge is 2.81. The van der Waals surface area contributed by atoms with Gasteiger partial charge < -0.3 is 14.8 Å². The summed E-state index contributed by atoms with van der Waals surface area (Å²) in [5.41, 5.74) is 3.09. The second-order valence-corrected chi connectivity index (χ2v) is 9.70. The van der Waals surface area contributed by atoms with Gasteiger partial charge in [-0.1, -0.05) is 29.8 Å². The van der Waals surface area contributed by atoms with Gasteiger partial charge in [-0.05, 0) is 37.3 Å². The Morgan fingerprint density at radius 1 is 1.27 bits per heavy atom. The normalized spacial score (nSPS) is 45.1. The van der Waals surface area contributed by atoms with Crippen LogP contribution < -0.4 is 5.32 Å². The summed E-state index contributed by atoms with van der Waals surface area (Å²) in [7, 11) is 0. The van der Waals surface area contributed by atoms with Crippen molar-refractivity contribution in [2.45, 2.75) is 63.3 Å². The molecule has 4 saturated heterocycles. The van der Waals surface area contributed by atoms with Crippen LogP contribution in [0.25, 0.3) is 0 Å². The van der Waals surface area contributed by atoms with Crippen LogP contribution in [-0.2, 0) is 24.5 Å². The molecule has 5 heterocycles. The fourth-order valence-electron chi connectivity index (χ4n) is 7.94. The molecule has 6 nitrogen and oxygen atoms in total. The van der Waals surface area contributed by atoms with E-state index >= 15 is 0 Å². The van der Waals surface area contributed by atoms with Gasteiger partial charge in [-0.25, -0.2) is 0 Å². The first-order chi connectivity index (χ1) is 14.4. The Morgan fingerprint density at radius 2 is 2.07 bits per heavy atom. The number of rotatable bonds is 3. The zero-order chi connectivity index (χ0) is 20.8. The first-order valence-corrected chi connectivity index (χ1v) is 11.0. The lowest BCUT2D eigenvalue weighted by molar-refractivity contribution is -0.177. The molecular formula is C24H28N2O4. The molecule has 0 aromatic heterocycles. The molecule has 5 bridgehead atoms. The van der Waals surface area contributed by atoms with E-state index in [0.717, 1.165) is 25.1 Å². The minimum atomic E-state index is -0.415. The minimum Gasteiger partial charge on any atom is -0.465 e. The summed E-state index contributed by atoms with van der Waals surface area (Å²) in [6.45, 7) is 6.32. The Labute approximate surface area is 176 Å². The molecule has 5 aliphatic heterocycles. The van der Waals surface area contributed by atoms with Crippen molar-refractivity contribution in [3.63, 3.8) is 0 Å². The molecule has 1 N–H and O–H groups in total. The van der Waals surface area contributed by atoms with Crippen LogP contribution in [0.5, 0.6) is 0 Å². The van der Waals surface area contributed by atoms with Crippen molar-refractivity contribution < 1.29 is 19.1 Å². The van der Waals surface area contributed by atoms with Crippen molar-refractivity contribution in [1.82, 2.24) is 4.90 Å². The highest BCUT2D eigenvalue weighted by atomic mass is 16.6. The number of allylic oxidation sites excluding steroid dienone is 1. The van der Waals surface area contributed by atoms with Crippen molar-refractivity contribution in [2.24, 2.45) is 11.3 Å². The molecule has 0 amide bonds. The number of esters is 2. The monoisotopic (exact) mass is 408 g/mol. The van der Waals surface area contributed by atoms with Crippen molar-refractivity contribution in [3.05, 3.63) is 41.5 Å². The van der Waals surface area contributed by atoms with Gasteiger partial charge in [0, 0.05) is 38.2 Å². The van der Waals surface area contributed by atoms with Crippen LogP contribution in [0.2, 0.25) is 0 Å². The largest absolute Gasteiger partial charge is 0.465 e. The van der Waals surface area contributed by atoms with Crippen LogP contribution in [0, 0.1) is 11.3 Å². The third-order valence-corrected chi connectivity index (χ3v) is 8.73. The number of nitrogens with zero attached hydrogens (tertiary/aromatic N) is 1. The number of carbonyl (C=O) groups is 2. The summed E-state index contributed by atoms with van der Waals surface area (Å²) in [4.78, 5) is 26.9. The first-order valence-electron chi connectivity index (χ1n) is 11.0. The van der Waals surface area contributed by atoms with Crippen molar-refractivity contribution >= 4 is 17.6 Å². The summed E-state index contributed by atoms with van der Waals surface area (Å²) >= 11 is 0. The van der Waals surface area contributed by atoms with Crippen LogP contribution in [0.15, 0.2) is 35.9 Å². The quantitative estimate of drug-likeness (QED) is 0.613. The number of fused-ring (bicyclic) bond motifs is 2. The Bertz CT molecular complexity index is 989. The molecule has 7 rings (SSSR count). The van der Waals surface area contributed by atoms with Crippen LogP contribution >= 0.6 is 0 Å². The van der Waals surface area contributed by atoms with Gasteiger partial charge in [-0.15, -0.1) is 0 Å². The maximum Gasteiger partial charge on any atom is 0.302 e. The second kappa shape index (κ2) is 5.88. The average Bonchev–Trinajstić information content (AvgIpc) is 3.18. The Balaban J connectivity index is 1.61. The Morgan fingerprint density at radius 3 is 2.80 bits per heavy atom. The fourth-order valence-corrected chi connectivity index (χ4v) is 7.94. The van der Waals surface area contributed by atoms with Gasteiger partial charge in [-0.2, -0.15) is 0 Å². The van der Waals surface area contributed by atoms with E-state index in [1.807, 2.05) is 0 Å². The number of nitrogens with one attached hydrogen (secondary N) is 1. The lowest BCUT2D eigenvalue weighted by Crippen LogP contribution is -2.70. The van der Waals surface area contributed by atoms with Gasteiger partial charge >= 0.3 is 11.9 Å². The number of benzene rings is 1. The third-order valence-electron chi connectivity index (χ3n) is 8.73. The maximum atomic E-state index is 12.4. The SMILES string of the molecule is C/C=C1/CN2C3CC45c6ccccc6N[C@@H]4[C@@H]2C[C@@H]1[C@@]3(COC(C)=O)[C@H]5OC(C)=O. The van der Waals surface area contributed by atoms with Crippen molar-refractivity contribution in [2.75, 3.05) is 18.5 Å². The number of hydrogen-bond acceptors (Lipinski definition) is 6. The van der Waals surface area contributed by atoms with E-state index < -0.39 is 5.41 Å². The first kappa shape index (κ1) is 18.4. The average molecular weight is 408 g/mol. The molecular weight excluding hydrogens is 380 g/mol. The summed E-state index contributed by atoms with van der Waals surface area (Å²) < 4.78 is 12.0. The molecule has 5 fully saturated rings. The van der Waals surface area contributed by atoms with Crippen LogP contribution in [-0.4, -0.2) is 54.2 Å². The summed E-state index contributed by atoms with van der Waals surface area (Å²) in [6.07, 6.45) is 3.81. The van der Waals surface area contributed by atoms with E-state index in [1.54, 1.807) is 0 Å². The smallest absolute Gasteiger partial charge is 0.302 e. The number of ether oxygens (including phenoxy) is 2. The van der Waals surface area contributed by atoms with Gasteiger partial charge in [0.25, 0.3) is 0 Å². The maximum absolute atomic E-state index is 12.4. The molecule has 0 radical (unpaired) electrons. The molecule has 1 aliphatic carbocycles. The van der Waals surface area contributed by atoms with Gasteiger partial charge in [0.15, 0.2) is 0 Å². The predicted molar refractivity (Wildman–Crippen MR) is 111 cm³/mol. The van der Waals surface area contributed by atoms with E-state index in [1.165, 1.54) is 25.0 Å². The molecule has 6 heteroatoms. The number of para-hydroxylation sites is 1. The number of anilines is 1. The van der Waals surface area contributed by atoms with E-state index in [0.29, 0.717) is 12.6 Å². The Hall–Kier alpha value is -2.34. The van der Waals surface area contributed by atoms with Crippen LogP contribution in [0.3, 0.4) is 0 Å². The Kier molecular flexibility index (Phi) is 3.61. The van der Waals surface area contributed by atoms with Gasteiger partial charge in [-0.3, -0.25) is 14.5 Å². The number of hydrogen-bond donors (Lipinski definition) is 1. The molecule has 1 aromatic carbocycles. The molecule has 158 valence electrons. The summed E-state index contributed by atoms with van der Waals surface area (Å²) in [5.74, 6) is -0.282. The molecule has 6 aliphatic rings. The van der Waals surface area contributed by atoms with E-state index in [-0.39, 0.29) is 41.5 Å². The minimum absolute atomic E-state index is 0.193. The molecule has 1 aromatic rings. The fraction of sp³-hybridized carbons (Fsp3) is 0.583. The van der Waals surface area contributed by atoms with Gasteiger partial charge in [0.1, 0.15) is 12.7 Å². The van der Waals surface area contributed by atoms with Gasteiger partial charge in [0.2, 0.25) is 0 Å². The predicted octanol–water partition coefficient (Wildman–Crippen LogP) is 2.64. The van der Waals surface area contributed by atoms with Gasteiger partial charge in [0.05, 0.1) is 16.9 Å². The highest BCUT2D eigenvalue weighted by molar-refractivity contribution is 5.70. The number of piperidine rings is 4. The van der Waals surface area contributed by atoms with E-state index in [9.17, 15) is 9.59 Å². The van der Waals surface area contributed by atoms with Crippen LogP contribution in [0.1, 0.15) is 39.2 Å². The van der Waals surface area contributed by atoms with Crippen molar-refractivity contribution in [1.29, 1.82) is 0 Å². The summed E-state index contributed by atoms with van der Waals surface area (Å²) in [6, 6.07) is 9.28. The second-order valence-electron chi connectivity index (χ2n) is 9.70. The summed E-state index contributed by atoms with van der Waals surface area (Å²) in [5, 5.41) is 3.83. The molecule has 1 saturated carbocycles. The molecule has 1 spiro atoms. The highest BCUT2D eigenvalue weighted by Crippen LogP contribution is 2.72. The third kappa shape index (κ3) is 1.94. The lowest BCUT2D eigenvalue weighted by Gasteiger charge is -2.61.